The van der Waals surface area contributed by atoms with E-state index >= 15 is 0 Å². The Balaban J connectivity index is 1.38. The molecule has 0 bridgehead atoms. The van der Waals surface area contributed by atoms with Crippen molar-refractivity contribution in [2.24, 2.45) is 0 Å². The van der Waals surface area contributed by atoms with Gasteiger partial charge < -0.3 is 9.64 Å². The molecule has 1 aliphatic carbocycles. The minimum absolute atomic E-state index is 0.00524. The molecule has 0 N–H and O–H groups in total. The van der Waals surface area contributed by atoms with E-state index in [0.717, 1.165) is 32.7 Å². The maximum atomic E-state index is 12.4. The Kier molecular flexibility index (Phi) is 7.23. The fourth-order valence-corrected chi connectivity index (χ4v) is 3.94. The van der Waals surface area contributed by atoms with E-state index in [4.69, 9.17) is 27.9 Å². The number of allylic oxidation sites excluding steroid dienone is 1. The summed E-state index contributed by atoms with van der Waals surface area (Å²) in [5.74, 6) is 0.495. The average Bonchev–Trinajstić information content (AvgIpc) is 2.67. The van der Waals surface area contributed by atoms with E-state index < -0.39 is 0 Å². The molecule has 0 unspecified atom stereocenters. The summed E-state index contributed by atoms with van der Waals surface area (Å²) in [6, 6.07) is 5.01. The van der Waals surface area contributed by atoms with Gasteiger partial charge in [-0.1, -0.05) is 34.9 Å². The molecule has 1 aromatic carbocycles. The van der Waals surface area contributed by atoms with Crippen LogP contribution < -0.4 is 4.74 Å². The summed E-state index contributed by atoms with van der Waals surface area (Å²) < 4.78 is 5.56. The van der Waals surface area contributed by atoms with Crippen LogP contribution in [0.5, 0.6) is 5.75 Å². The summed E-state index contributed by atoms with van der Waals surface area (Å²) in [5.41, 5.74) is 1.61. The quantitative estimate of drug-likeness (QED) is 0.667. The number of halogens is 2. The second-order valence-electron chi connectivity index (χ2n) is 6.94. The minimum Gasteiger partial charge on any atom is -0.482 e. The van der Waals surface area contributed by atoms with E-state index in [1.54, 1.807) is 23.8 Å². The summed E-state index contributed by atoms with van der Waals surface area (Å²) >= 11 is 11.9. The van der Waals surface area contributed by atoms with Crippen molar-refractivity contribution in [2.45, 2.75) is 32.1 Å². The Labute approximate surface area is 165 Å². The number of amides is 1. The number of carbonyl (C=O) groups is 1. The Hall–Kier alpha value is -1.23. The van der Waals surface area contributed by atoms with Crippen molar-refractivity contribution in [1.29, 1.82) is 0 Å². The summed E-state index contributed by atoms with van der Waals surface area (Å²) in [5, 5.41) is 0.973. The van der Waals surface area contributed by atoms with E-state index in [-0.39, 0.29) is 12.5 Å². The van der Waals surface area contributed by atoms with E-state index in [9.17, 15) is 4.79 Å². The highest BCUT2D eigenvalue weighted by molar-refractivity contribution is 6.35. The first-order chi connectivity index (χ1) is 12.6. The Morgan fingerprint density at radius 1 is 1.12 bits per heavy atom. The van der Waals surface area contributed by atoms with Gasteiger partial charge in [-0.3, -0.25) is 9.69 Å². The van der Waals surface area contributed by atoms with Gasteiger partial charge in [0.05, 0.1) is 5.02 Å². The van der Waals surface area contributed by atoms with Crippen LogP contribution >= 0.6 is 23.2 Å². The molecule has 1 saturated heterocycles. The van der Waals surface area contributed by atoms with Crippen LogP contribution in [0.4, 0.5) is 0 Å². The zero-order valence-electron chi connectivity index (χ0n) is 15.1. The Bertz CT molecular complexity index is 655. The Morgan fingerprint density at radius 2 is 1.92 bits per heavy atom. The standard InChI is InChI=1S/C20H26Cl2N2O2/c21-17-6-7-19(18(22)14-17)26-15-20(25)24-12-10-23(11-13-24)9-8-16-4-2-1-3-5-16/h4,6-7,14H,1-3,5,8-13,15H2. The van der Waals surface area contributed by atoms with Crippen LogP contribution in [0.25, 0.3) is 0 Å². The molecule has 0 aromatic heterocycles. The van der Waals surface area contributed by atoms with Gasteiger partial charge >= 0.3 is 0 Å². The average molecular weight is 397 g/mol. The van der Waals surface area contributed by atoms with Crippen molar-refractivity contribution in [3.63, 3.8) is 0 Å². The van der Waals surface area contributed by atoms with Crippen LogP contribution in [0, 0.1) is 0 Å². The molecular weight excluding hydrogens is 371 g/mol. The van der Waals surface area contributed by atoms with Crippen LogP contribution in [-0.4, -0.2) is 55.0 Å². The maximum absolute atomic E-state index is 12.4. The van der Waals surface area contributed by atoms with Crippen molar-refractivity contribution in [1.82, 2.24) is 9.80 Å². The molecule has 0 spiro atoms. The molecule has 1 aliphatic heterocycles. The number of hydrogen-bond donors (Lipinski definition) is 0. The second kappa shape index (κ2) is 9.63. The number of benzene rings is 1. The van der Waals surface area contributed by atoms with Crippen molar-refractivity contribution in [2.75, 3.05) is 39.3 Å². The van der Waals surface area contributed by atoms with Crippen LogP contribution in [-0.2, 0) is 4.79 Å². The highest BCUT2D eigenvalue weighted by Gasteiger charge is 2.21. The third-order valence-corrected chi connectivity index (χ3v) is 5.63. The lowest BCUT2D eigenvalue weighted by Crippen LogP contribution is -2.50. The second-order valence-corrected chi connectivity index (χ2v) is 7.79. The number of carbonyl (C=O) groups excluding carboxylic acids is 1. The molecule has 3 rings (SSSR count). The molecule has 4 nitrogen and oxygen atoms in total. The number of hydrogen-bond acceptors (Lipinski definition) is 3. The van der Waals surface area contributed by atoms with Gasteiger partial charge in [0.2, 0.25) is 0 Å². The summed E-state index contributed by atoms with van der Waals surface area (Å²) in [7, 11) is 0. The van der Waals surface area contributed by atoms with Crippen LogP contribution in [0.3, 0.4) is 0 Å². The van der Waals surface area contributed by atoms with Crippen LogP contribution in [0.2, 0.25) is 10.0 Å². The number of rotatable bonds is 6. The van der Waals surface area contributed by atoms with Crippen molar-refractivity contribution in [3.05, 3.63) is 39.9 Å². The summed E-state index contributed by atoms with van der Waals surface area (Å²) in [6.07, 6.45) is 8.78. The molecule has 0 radical (unpaired) electrons. The highest BCUT2D eigenvalue weighted by atomic mass is 35.5. The molecule has 1 fully saturated rings. The SMILES string of the molecule is O=C(COc1ccc(Cl)cc1Cl)N1CCN(CCC2=CCCCC2)CC1. The van der Waals surface area contributed by atoms with Crippen molar-refractivity contribution in [3.8, 4) is 5.75 Å². The lowest BCUT2D eigenvalue weighted by Gasteiger charge is -2.35. The fraction of sp³-hybridized carbons (Fsp3) is 0.550. The van der Waals surface area contributed by atoms with E-state index in [1.165, 1.54) is 32.1 Å². The maximum Gasteiger partial charge on any atom is 0.260 e. The highest BCUT2D eigenvalue weighted by Crippen LogP contribution is 2.27. The van der Waals surface area contributed by atoms with Gasteiger partial charge in [0.25, 0.3) is 5.91 Å². The summed E-state index contributed by atoms with van der Waals surface area (Å²) in [6.45, 7) is 4.49. The predicted octanol–water partition coefficient (Wildman–Crippen LogP) is 4.41. The first-order valence-corrected chi connectivity index (χ1v) is 10.1. The zero-order chi connectivity index (χ0) is 18.4. The van der Waals surface area contributed by atoms with Crippen molar-refractivity contribution >= 4 is 29.1 Å². The number of ether oxygens (including phenoxy) is 1. The molecule has 1 amide bonds. The molecule has 0 saturated carbocycles. The third kappa shape index (κ3) is 5.63. The molecule has 0 atom stereocenters. The molecular formula is C20H26Cl2N2O2. The van der Waals surface area contributed by atoms with E-state index in [2.05, 4.69) is 11.0 Å². The van der Waals surface area contributed by atoms with Crippen molar-refractivity contribution < 1.29 is 9.53 Å². The smallest absolute Gasteiger partial charge is 0.260 e. The fourth-order valence-electron chi connectivity index (χ4n) is 3.48. The van der Waals surface area contributed by atoms with Gasteiger partial charge in [-0.25, -0.2) is 0 Å². The lowest BCUT2D eigenvalue weighted by molar-refractivity contribution is -0.135. The third-order valence-electron chi connectivity index (χ3n) is 5.10. The topological polar surface area (TPSA) is 32.8 Å². The van der Waals surface area contributed by atoms with Gasteiger partial charge in [-0.2, -0.15) is 0 Å². The normalized spacial score (nSPS) is 18.5. The monoisotopic (exact) mass is 396 g/mol. The van der Waals surface area contributed by atoms with Crippen LogP contribution in [0.15, 0.2) is 29.8 Å². The molecule has 26 heavy (non-hydrogen) atoms. The molecule has 2 aliphatic rings. The lowest BCUT2D eigenvalue weighted by atomic mass is 9.97. The first kappa shape index (κ1) is 19.5. The Morgan fingerprint density at radius 3 is 2.62 bits per heavy atom. The number of piperazine rings is 1. The zero-order valence-corrected chi connectivity index (χ0v) is 16.6. The molecule has 1 heterocycles. The van der Waals surface area contributed by atoms with Gasteiger partial charge in [-0.05, 0) is 50.3 Å². The van der Waals surface area contributed by atoms with E-state index in [0.29, 0.717) is 15.8 Å². The van der Waals surface area contributed by atoms with Gasteiger partial charge in [-0.15, -0.1) is 0 Å². The van der Waals surface area contributed by atoms with Gasteiger partial charge in [0, 0.05) is 37.7 Å². The van der Waals surface area contributed by atoms with Crippen LogP contribution in [0.1, 0.15) is 32.1 Å². The molecule has 1 aromatic rings. The summed E-state index contributed by atoms with van der Waals surface area (Å²) in [4.78, 5) is 16.7. The predicted molar refractivity (Wildman–Crippen MR) is 106 cm³/mol. The molecule has 142 valence electrons. The van der Waals surface area contributed by atoms with Gasteiger partial charge in [0.15, 0.2) is 6.61 Å². The minimum atomic E-state index is 0.00524. The largest absolute Gasteiger partial charge is 0.482 e. The number of nitrogens with zero attached hydrogens (tertiary/aromatic N) is 2. The molecule has 6 heteroatoms. The van der Waals surface area contributed by atoms with Gasteiger partial charge in [0.1, 0.15) is 5.75 Å². The van der Waals surface area contributed by atoms with E-state index in [1.807, 2.05) is 4.90 Å². The first-order valence-electron chi connectivity index (χ1n) is 9.38.